The molecule has 0 spiro atoms. The van der Waals surface area contributed by atoms with E-state index in [0.29, 0.717) is 6.61 Å². The van der Waals surface area contributed by atoms with Gasteiger partial charge < -0.3 is 9.47 Å². The van der Waals surface area contributed by atoms with Crippen molar-refractivity contribution in [3.63, 3.8) is 0 Å². The molecule has 2 aliphatic rings. The molecule has 0 radical (unpaired) electrons. The maximum absolute atomic E-state index is 11.0. The molecule has 2 saturated heterocycles. The molecule has 0 aromatic heterocycles. The highest BCUT2D eigenvalue weighted by molar-refractivity contribution is 5.84. The first-order chi connectivity index (χ1) is 4.79. The van der Waals surface area contributed by atoms with Crippen molar-refractivity contribution in [2.45, 2.75) is 12.7 Å². The lowest BCUT2D eigenvalue weighted by Crippen LogP contribution is -2.13. The van der Waals surface area contributed by atoms with Crippen LogP contribution >= 0.6 is 0 Å². The molecule has 0 aliphatic carbocycles. The van der Waals surface area contributed by atoms with Gasteiger partial charge in [-0.25, -0.2) is 0 Å². The lowest BCUT2D eigenvalue weighted by atomic mass is 10.1. The van der Waals surface area contributed by atoms with Crippen LogP contribution in [0.25, 0.3) is 0 Å². The quantitative estimate of drug-likeness (QED) is 0.460. The standard InChI is InChI=1S/C6H8O3/c7-5-3-9-6-4(5)1-2-8-6/h4,6H,1-3H2/i3D. The Morgan fingerprint density at radius 1 is 1.67 bits per heavy atom. The maximum atomic E-state index is 11.0. The van der Waals surface area contributed by atoms with Crippen molar-refractivity contribution >= 4 is 5.78 Å². The van der Waals surface area contributed by atoms with Crippen molar-refractivity contribution in [1.82, 2.24) is 0 Å². The summed E-state index contributed by atoms with van der Waals surface area (Å²) in [6.07, 6.45) is 0.314. The van der Waals surface area contributed by atoms with E-state index < -0.39 is 12.9 Å². The van der Waals surface area contributed by atoms with Crippen LogP contribution < -0.4 is 0 Å². The normalized spacial score (nSPS) is 51.3. The van der Waals surface area contributed by atoms with Crippen LogP contribution in [0, 0.1) is 5.92 Å². The van der Waals surface area contributed by atoms with Gasteiger partial charge in [-0.3, -0.25) is 4.79 Å². The molecular formula is C6H8O3. The van der Waals surface area contributed by atoms with E-state index in [9.17, 15) is 4.79 Å². The largest absolute Gasteiger partial charge is 0.352 e. The third-order valence-corrected chi connectivity index (χ3v) is 1.72. The number of hydrogen-bond donors (Lipinski definition) is 0. The fourth-order valence-electron chi connectivity index (χ4n) is 1.20. The van der Waals surface area contributed by atoms with E-state index in [1.165, 1.54) is 0 Å². The smallest absolute Gasteiger partial charge is 0.168 e. The van der Waals surface area contributed by atoms with Gasteiger partial charge in [-0.15, -0.1) is 0 Å². The van der Waals surface area contributed by atoms with E-state index in [1.807, 2.05) is 0 Å². The second-order valence-electron chi connectivity index (χ2n) is 2.29. The van der Waals surface area contributed by atoms with Crippen LogP contribution in [0.1, 0.15) is 7.79 Å². The first kappa shape index (κ1) is 4.41. The van der Waals surface area contributed by atoms with Crippen molar-refractivity contribution in [1.29, 1.82) is 0 Å². The zero-order chi connectivity index (χ0) is 7.14. The monoisotopic (exact) mass is 129 g/mol. The molecule has 3 unspecified atom stereocenters. The number of ether oxygens (including phenoxy) is 2. The molecule has 0 aromatic rings. The Morgan fingerprint density at radius 2 is 2.56 bits per heavy atom. The number of ketones is 1. The molecule has 3 atom stereocenters. The van der Waals surface area contributed by atoms with Gasteiger partial charge in [0.2, 0.25) is 0 Å². The van der Waals surface area contributed by atoms with Crippen LogP contribution in [0.2, 0.25) is 0 Å². The Labute approximate surface area is 54.3 Å². The van der Waals surface area contributed by atoms with Crippen LogP contribution in [-0.2, 0) is 14.3 Å². The van der Waals surface area contributed by atoms with Crippen molar-refractivity contribution in [2.75, 3.05) is 13.2 Å². The molecule has 3 nitrogen and oxygen atoms in total. The van der Waals surface area contributed by atoms with Gasteiger partial charge in [0.25, 0.3) is 0 Å². The van der Waals surface area contributed by atoms with E-state index in [0.717, 1.165) is 6.42 Å². The lowest BCUT2D eigenvalue weighted by molar-refractivity contribution is -0.120. The summed E-state index contributed by atoms with van der Waals surface area (Å²) in [5.41, 5.74) is 0. The molecule has 3 heteroatoms. The minimum atomic E-state index is -0.990. The average Bonchev–Trinajstić information content (AvgIpc) is 2.41. The zero-order valence-corrected chi connectivity index (χ0v) is 4.87. The predicted molar refractivity (Wildman–Crippen MR) is 28.8 cm³/mol. The molecule has 0 N–H and O–H groups in total. The minimum absolute atomic E-state index is 0.123. The summed E-state index contributed by atoms with van der Waals surface area (Å²) >= 11 is 0. The third kappa shape index (κ3) is 0.686. The molecule has 2 fully saturated rings. The van der Waals surface area contributed by atoms with Crippen molar-refractivity contribution in [2.24, 2.45) is 5.92 Å². The third-order valence-electron chi connectivity index (χ3n) is 1.72. The summed E-state index contributed by atoms with van der Waals surface area (Å²) in [7, 11) is 0. The second-order valence-corrected chi connectivity index (χ2v) is 2.29. The molecule has 2 rings (SSSR count). The van der Waals surface area contributed by atoms with Crippen LogP contribution in [0.5, 0.6) is 0 Å². The molecule has 50 valence electrons. The SMILES string of the molecule is [2H]C1OC2OCCC2C1=O. The number of Topliss-reactive ketones (excluding diaryl/α,β-unsaturated/α-hetero) is 1. The van der Waals surface area contributed by atoms with E-state index in [4.69, 9.17) is 10.8 Å². The fourth-order valence-corrected chi connectivity index (χ4v) is 1.20. The highest BCUT2D eigenvalue weighted by atomic mass is 16.7. The molecule has 9 heavy (non-hydrogen) atoms. The Balaban J connectivity index is 2.17. The minimum Gasteiger partial charge on any atom is -0.352 e. The maximum Gasteiger partial charge on any atom is 0.168 e. The van der Waals surface area contributed by atoms with Crippen molar-refractivity contribution in [3.8, 4) is 0 Å². The number of hydrogen-bond acceptors (Lipinski definition) is 3. The molecule has 0 bridgehead atoms. The van der Waals surface area contributed by atoms with Gasteiger partial charge in [-0.05, 0) is 6.42 Å². The number of fused-ring (bicyclic) bond motifs is 1. The predicted octanol–water partition coefficient (Wildman–Crippen LogP) is -0.0517. The Bertz CT molecular complexity index is 170. The Kier molecular flexibility index (Phi) is 0.875. The second kappa shape index (κ2) is 1.78. The van der Waals surface area contributed by atoms with E-state index in [1.54, 1.807) is 0 Å². The summed E-state index contributed by atoms with van der Waals surface area (Å²) in [5.74, 6) is -0.273. The zero-order valence-electron chi connectivity index (χ0n) is 5.87. The van der Waals surface area contributed by atoms with Crippen LogP contribution in [0.4, 0.5) is 0 Å². The first-order valence-electron chi connectivity index (χ1n) is 3.60. The van der Waals surface area contributed by atoms with Gasteiger partial charge >= 0.3 is 0 Å². The van der Waals surface area contributed by atoms with Crippen LogP contribution in [0.3, 0.4) is 0 Å². The van der Waals surface area contributed by atoms with E-state index in [-0.39, 0.29) is 11.7 Å². The number of rotatable bonds is 0. The Morgan fingerprint density at radius 3 is 3.33 bits per heavy atom. The van der Waals surface area contributed by atoms with E-state index in [2.05, 4.69) is 0 Å². The average molecular weight is 129 g/mol. The summed E-state index contributed by atoms with van der Waals surface area (Å²) in [4.78, 5) is 11.0. The molecule has 0 aromatic carbocycles. The van der Waals surface area contributed by atoms with E-state index >= 15 is 0 Å². The summed E-state index contributed by atoms with van der Waals surface area (Å²) in [5, 5.41) is 0. The van der Waals surface area contributed by atoms with Crippen molar-refractivity contribution < 1.29 is 15.6 Å². The topological polar surface area (TPSA) is 35.5 Å². The van der Waals surface area contributed by atoms with Gasteiger partial charge in [0, 0.05) is 0 Å². The molecule has 2 heterocycles. The van der Waals surface area contributed by atoms with Gasteiger partial charge in [0.05, 0.1) is 13.9 Å². The van der Waals surface area contributed by atoms with Gasteiger partial charge in [0.15, 0.2) is 12.1 Å². The Hall–Kier alpha value is -0.410. The molecular weight excluding hydrogens is 120 g/mol. The van der Waals surface area contributed by atoms with Gasteiger partial charge in [-0.1, -0.05) is 0 Å². The fraction of sp³-hybridized carbons (Fsp3) is 0.833. The molecule has 0 amide bonds. The van der Waals surface area contributed by atoms with Crippen molar-refractivity contribution in [3.05, 3.63) is 0 Å². The molecule has 2 aliphatic heterocycles. The summed E-state index contributed by atoms with van der Waals surface area (Å²) in [6, 6.07) is 0. The number of carbonyl (C=O) groups excluding carboxylic acids is 1. The number of carbonyl (C=O) groups is 1. The van der Waals surface area contributed by atoms with Gasteiger partial charge in [-0.2, -0.15) is 0 Å². The summed E-state index contributed by atoms with van der Waals surface area (Å²) in [6.45, 7) is -0.399. The summed E-state index contributed by atoms with van der Waals surface area (Å²) < 4.78 is 17.0. The van der Waals surface area contributed by atoms with Gasteiger partial charge in [0.1, 0.15) is 6.58 Å². The highest BCUT2D eigenvalue weighted by Gasteiger charge is 2.40. The molecule has 0 saturated carbocycles. The lowest BCUT2D eigenvalue weighted by Gasteiger charge is -2.02. The van der Waals surface area contributed by atoms with Crippen LogP contribution in [0.15, 0.2) is 0 Å². The van der Waals surface area contributed by atoms with Crippen LogP contribution in [-0.4, -0.2) is 25.3 Å². The highest BCUT2D eigenvalue weighted by Crippen LogP contribution is 2.27. The first-order valence-corrected chi connectivity index (χ1v) is 3.02.